The summed E-state index contributed by atoms with van der Waals surface area (Å²) in [6.45, 7) is 4.65. The second kappa shape index (κ2) is 8.20. The van der Waals surface area contributed by atoms with Crippen LogP contribution >= 0.6 is 0 Å². The predicted molar refractivity (Wildman–Crippen MR) is 123 cm³/mol. The van der Waals surface area contributed by atoms with E-state index in [1.54, 1.807) is 0 Å². The number of aliphatic hydroxyl groups is 1. The highest BCUT2D eigenvalue weighted by Crippen LogP contribution is 2.42. The van der Waals surface area contributed by atoms with Gasteiger partial charge in [-0.25, -0.2) is 0 Å². The highest BCUT2D eigenvalue weighted by atomic mass is 16.5. The third kappa shape index (κ3) is 3.37. The Bertz CT molecular complexity index is 1350. The van der Waals surface area contributed by atoms with Crippen molar-refractivity contribution in [1.82, 2.24) is 9.97 Å². The van der Waals surface area contributed by atoms with E-state index >= 15 is 0 Å². The van der Waals surface area contributed by atoms with E-state index < -0.39 is 0 Å². The number of nitrogens with zero attached hydrogens (tertiary/aromatic N) is 2. The molecule has 0 amide bonds. The van der Waals surface area contributed by atoms with Crippen molar-refractivity contribution < 1.29 is 19.4 Å². The molecule has 0 unspecified atom stereocenters. The average molecular weight is 428 g/mol. The first kappa shape index (κ1) is 20.4. The van der Waals surface area contributed by atoms with Crippen LogP contribution in [0.1, 0.15) is 29.3 Å². The van der Waals surface area contributed by atoms with Gasteiger partial charge in [-0.15, -0.1) is 0 Å². The standard InChI is InChI=1S/C26H24N2O4/c1-3-31-23(30)13-20-15(2)12-21-18(5-4-17(14-29)28-21)25(20)19-6-7-22-24-16(9-11-32-22)8-10-27-26(19)24/h4-8,10,12,29H,3,9,11,13-14H2,1-2H3. The molecule has 0 bridgehead atoms. The van der Waals surface area contributed by atoms with E-state index in [1.165, 1.54) is 5.56 Å². The first-order valence-electron chi connectivity index (χ1n) is 10.8. The molecule has 0 radical (unpaired) electrons. The lowest BCUT2D eigenvalue weighted by molar-refractivity contribution is -0.142. The van der Waals surface area contributed by atoms with Crippen molar-refractivity contribution >= 4 is 27.8 Å². The molecular formula is C26H24N2O4. The Kier molecular flexibility index (Phi) is 5.23. The summed E-state index contributed by atoms with van der Waals surface area (Å²) in [5.41, 5.74) is 7.13. The van der Waals surface area contributed by atoms with Crippen LogP contribution in [0, 0.1) is 6.92 Å². The molecule has 0 fully saturated rings. The monoisotopic (exact) mass is 428 g/mol. The molecule has 4 aromatic rings. The summed E-state index contributed by atoms with van der Waals surface area (Å²) in [5, 5.41) is 11.5. The van der Waals surface area contributed by atoms with Crippen molar-refractivity contribution in [3.8, 4) is 16.9 Å². The maximum Gasteiger partial charge on any atom is 0.310 e. The van der Waals surface area contributed by atoms with Gasteiger partial charge in [-0.2, -0.15) is 0 Å². The van der Waals surface area contributed by atoms with Gasteiger partial charge in [0.1, 0.15) is 5.75 Å². The number of carbonyl (C=O) groups is 1. The maximum atomic E-state index is 12.5. The second-order valence-electron chi connectivity index (χ2n) is 7.96. The molecule has 1 N–H and O–H groups in total. The summed E-state index contributed by atoms with van der Waals surface area (Å²) in [6.07, 6.45) is 2.83. The van der Waals surface area contributed by atoms with Crippen LogP contribution < -0.4 is 4.74 Å². The van der Waals surface area contributed by atoms with Gasteiger partial charge in [-0.1, -0.05) is 6.07 Å². The zero-order valence-electron chi connectivity index (χ0n) is 18.1. The van der Waals surface area contributed by atoms with Crippen molar-refractivity contribution in [2.24, 2.45) is 0 Å². The van der Waals surface area contributed by atoms with E-state index in [0.717, 1.165) is 56.2 Å². The fourth-order valence-electron chi connectivity index (χ4n) is 4.57. The Morgan fingerprint density at radius 1 is 1.22 bits per heavy atom. The average Bonchev–Trinajstić information content (AvgIpc) is 2.80. The van der Waals surface area contributed by atoms with Crippen LogP contribution in [0.2, 0.25) is 0 Å². The molecule has 162 valence electrons. The number of ether oxygens (including phenoxy) is 2. The number of hydrogen-bond donors (Lipinski definition) is 1. The predicted octanol–water partition coefficient (Wildman–Crippen LogP) is 4.29. The van der Waals surface area contributed by atoms with E-state index in [0.29, 0.717) is 18.9 Å². The van der Waals surface area contributed by atoms with Crippen molar-refractivity contribution in [2.75, 3.05) is 13.2 Å². The first-order chi connectivity index (χ1) is 15.6. The zero-order chi connectivity index (χ0) is 22.2. The van der Waals surface area contributed by atoms with Crippen LogP contribution in [-0.2, 0) is 29.0 Å². The minimum Gasteiger partial charge on any atom is -0.493 e. The number of hydrogen-bond acceptors (Lipinski definition) is 6. The molecule has 1 aliphatic rings. The fraction of sp³-hybridized carbons (Fsp3) is 0.269. The van der Waals surface area contributed by atoms with Gasteiger partial charge >= 0.3 is 5.97 Å². The maximum absolute atomic E-state index is 12.5. The Labute approximate surface area is 185 Å². The number of carbonyl (C=O) groups excluding carboxylic acids is 1. The highest BCUT2D eigenvalue weighted by Gasteiger charge is 2.22. The summed E-state index contributed by atoms with van der Waals surface area (Å²) in [6, 6.07) is 11.8. The van der Waals surface area contributed by atoms with Gasteiger partial charge in [-0.05, 0) is 66.4 Å². The van der Waals surface area contributed by atoms with E-state index in [9.17, 15) is 9.90 Å². The van der Waals surface area contributed by atoms with Gasteiger partial charge in [-0.3, -0.25) is 14.8 Å². The minimum absolute atomic E-state index is 0.130. The SMILES string of the molecule is CCOC(=O)Cc1c(C)cc2nc(CO)ccc2c1-c1ccc2c3c(ccnc13)CCO2. The normalized spacial score (nSPS) is 12.7. The molecule has 0 saturated carbocycles. The van der Waals surface area contributed by atoms with Crippen LogP contribution in [-0.4, -0.2) is 34.3 Å². The summed E-state index contributed by atoms with van der Waals surface area (Å²) in [7, 11) is 0. The van der Waals surface area contributed by atoms with E-state index in [1.807, 2.05) is 56.4 Å². The van der Waals surface area contributed by atoms with Crippen LogP contribution in [0.25, 0.3) is 32.9 Å². The van der Waals surface area contributed by atoms with Gasteiger partial charge < -0.3 is 14.6 Å². The number of aliphatic hydroxyl groups excluding tert-OH is 1. The third-order valence-electron chi connectivity index (χ3n) is 6.01. The lowest BCUT2D eigenvalue weighted by Gasteiger charge is -2.22. The Morgan fingerprint density at radius 2 is 2.09 bits per heavy atom. The molecule has 2 aromatic carbocycles. The Hall–Kier alpha value is -3.51. The number of benzene rings is 2. The first-order valence-corrected chi connectivity index (χ1v) is 10.8. The molecule has 1 aliphatic heterocycles. The summed E-state index contributed by atoms with van der Waals surface area (Å²) in [5.74, 6) is 0.567. The summed E-state index contributed by atoms with van der Waals surface area (Å²) in [4.78, 5) is 21.9. The second-order valence-corrected chi connectivity index (χ2v) is 7.96. The van der Waals surface area contributed by atoms with Crippen LogP contribution in [0.4, 0.5) is 0 Å². The van der Waals surface area contributed by atoms with Crippen LogP contribution in [0.5, 0.6) is 5.75 Å². The molecule has 32 heavy (non-hydrogen) atoms. The molecule has 0 spiro atoms. The Morgan fingerprint density at radius 3 is 2.91 bits per heavy atom. The van der Waals surface area contributed by atoms with Gasteiger partial charge in [0.15, 0.2) is 0 Å². The van der Waals surface area contributed by atoms with Crippen molar-refractivity contribution in [1.29, 1.82) is 0 Å². The molecule has 2 aromatic heterocycles. The van der Waals surface area contributed by atoms with Gasteiger partial charge in [0.05, 0.1) is 43.0 Å². The summed E-state index contributed by atoms with van der Waals surface area (Å²) < 4.78 is 11.2. The molecule has 6 nitrogen and oxygen atoms in total. The van der Waals surface area contributed by atoms with E-state index in [-0.39, 0.29) is 19.0 Å². The topological polar surface area (TPSA) is 81.5 Å². The number of aryl methyl sites for hydroxylation is 1. The minimum atomic E-state index is -0.268. The molecular weight excluding hydrogens is 404 g/mol. The lowest BCUT2D eigenvalue weighted by Crippen LogP contribution is -2.11. The molecule has 5 rings (SSSR count). The number of rotatable bonds is 5. The molecule has 3 heterocycles. The smallest absolute Gasteiger partial charge is 0.310 e. The molecule has 0 saturated heterocycles. The van der Waals surface area contributed by atoms with E-state index in [4.69, 9.17) is 14.5 Å². The van der Waals surface area contributed by atoms with Crippen molar-refractivity contribution in [3.63, 3.8) is 0 Å². The zero-order valence-corrected chi connectivity index (χ0v) is 18.1. The third-order valence-corrected chi connectivity index (χ3v) is 6.01. The fourth-order valence-corrected chi connectivity index (χ4v) is 4.57. The quantitative estimate of drug-likeness (QED) is 0.478. The van der Waals surface area contributed by atoms with Gasteiger partial charge in [0.2, 0.25) is 0 Å². The van der Waals surface area contributed by atoms with Crippen molar-refractivity contribution in [3.05, 3.63) is 65.0 Å². The van der Waals surface area contributed by atoms with Crippen LogP contribution in [0.15, 0.2) is 42.6 Å². The number of aromatic nitrogens is 2. The van der Waals surface area contributed by atoms with Gasteiger partial charge in [0.25, 0.3) is 0 Å². The van der Waals surface area contributed by atoms with Crippen LogP contribution in [0.3, 0.4) is 0 Å². The lowest BCUT2D eigenvalue weighted by atomic mass is 9.88. The number of fused-ring (bicyclic) bond motifs is 1. The summed E-state index contributed by atoms with van der Waals surface area (Å²) >= 11 is 0. The Balaban J connectivity index is 1.85. The highest BCUT2D eigenvalue weighted by molar-refractivity contribution is 6.07. The largest absolute Gasteiger partial charge is 0.493 e. The van der Waals surface area contributed by atoms with E-state index in [2.05, 4.69) is 4.98 Å². The number of esters is 1. The molecule has 0 aliphatic carbocycles. The molecule has 6 heteroatoms. The van der Waals surface area contributed by atoms with Gasteiger partial charge in [0, 0.05) is 29.0 Å². The number of pyridine rings is 2. The molecule has 0 atom stereocenters. The van der Waals surface area contributed by atoms with Crippen molar-refractivity contribution in [2.45, 2.75) is 33.3 Å².